The van der Waals surface area contributed by atoms with Gasteiger partial charge in [0, 0.05) is 10.7 Å². The number of rotatable bonds is 0. The third kappa shape index (κ3) is 1.54. The molecule has 0 aromatic rings. The molecule has 1 nitrogen and oxygen atoms in total. The summed E-state index contributed by atoms with van der Waals surface area (Å²) in [7, 11) is 0. The van der Waals surface area contributed by atoms with Crippen LogP contribution in [0.3, 0.4) is 0 Å². The van der Waals surface area contributed by atoms with Gasteiger partial charge in [-0.25, -0.2) is 4.39 Å². The first-order valence-corrected chi connectivity index (χ1v) is 5.63. The van der Waals surface area contributed by atoms with Crippen LogP contribution in [0.25, 0.3) is 0 Å². The maximum absolute atomic E-state index is 13.2. The van der Waals surface area contributed by atoms with Gasteiger partial charge in [0.15, 0.2) is 0 Å². The maximum atomic E-state index is 13.2. The summed E-state index contributed by atoms with van der Waals surface area (Å²) >= 11 is 2.73. The second kappa shape index (κ2) is 3.49. The Balaban J connectivity index is 2.48. The van der Waals surface area contributed by atoms with Crippen LogP contribution in [0, 0.1) is 5.92 Å². The second-order valence-corrected chi connectivity index (χ2v) is 5.33. The van der Waals surface area contributed by atoms with Crippen LogP contribution in [0.4, 0.5) is 30.7 Å². The van der Waals surface area contributed by atoms with Crippen LogP contribution < -0.4 is 5.32 Å². The molecule has 1 aliphatic carbocycles. The van der Waals surface area contributed by atoms with Crippen molar-refractivity contribution >= 4 is 15.9 Å². The molecule has 0 radical (unpaired) electrons. The van der Waals surface area contributed by atoms with E-state index in [0.717, 1.165) is 0 Å². The summed E-state index contributed by atoms with van der Waals surface area (Å²) < 4.78 is 89.6. The molecule has 2 fully saturated rings. The van der Waals surface area contributed by atoms with Crippen LogP contribution in [0.1, 0.15) is 6.42 Å². The van der Waals surface area contributed by atoms with Crippen LogP contribution in [-0.2, 0) is 0 Å². The van der Waals surface area contributed by atoms with Crippen LogP contribution in [0.5, 0.6) is 0 Å². The Labute approximate surface area is 99.9 Å². The molecule has 1 heterocycles. The van der Waals surface area contributed by atoms with E-state index in [1.165, 1.54) is 5.32 Å². The average Bonchev–Trinajstić information content (AvgIpc) is 2.53. The first-order valence-electron chi connectivity index (χ1n) is 4.71. The molecule has 0 aromatic carbocycles. The highest BCUT2D eigenvalue weighted by molar-refractivity contribution is 9.09. The highest BCUT2D eigenvalue weighted by atomic mass is 79.9. The molecule has 17 heavy (non-hydrogen) atoms. The highest BCUT2D eigenvalue weighted by Gasteiger charge is 2.81. The van der Waals surface area contributed by atoms with Gasteiger partial charge in [0.25, 0.3) is 0 Å². The Bertz CT molecular complexity index is 311. The molecule has 0 spiro atoms. The van der Waals surface area contributed by atoms with Gasteiger partial charge in [-0.2, -0.15) is 26.3 Å². The van der Waals surface area contributed by atoms with Crippen LogP contribution in [0.15, 0.2) is 0 Å². The van der Waals surface area contributed by atoms with E-state index < -0.39 is 47.3 Å². The van der Waals surface area contributed by atoms with Crippen molar-refractivity contribution in [3.63, 3.8) is 0 Å². The van der Waals surface area contributed by atoms with Crippen molar-refractivity contribution in [3.8, 4) is 0 Å². The largest absolute Gasteiger partial charge is 0.415 e. The highest BCUT2D eigenvalue weighted by Crippen LogP contribution is 2.59. The van der Waals surface area contributed by atoms with E-state index in [9.17, 15) is 30.7 Å². The lowest BCUT2D eigenvalue weighted by atomic mass is 9.82. The van der Waals surface area contributed by atoms with Crippen LogP contribution in [-0.4, -0.2) is 34.9 Å². The minimum absolute atomic E-state index is 0.743. The molecule has 1 N–H and O–H groups in total. The van der Waals surface area contributed by atoms with Crippen molar-refractivity contribution < 1.29 is 30.7 Å². The fraction of sp³-hybridized carbons (Fsp3) is 1.00. The Morgan fingerprint density at radius 3 is 1.76 bits per heavy atom. The second-order valence-electron chi connectivity index (χ2n) is 4.28. The average molecular weight is 330 g/mol. The molecule has 9 heteroatoms. The Morgan fingerprint density at radius 2 is 1.53 bits per heavy atom. The van der Waals surface area contributed by atoms with E-state index in [1.54, 1.807) is 0 Å². The van der Waals surface area contributed by atoms with Crippen molar-refractivity contribution in [1.29, 1.82) is 0 Å². The zero-order chi connectivity index (χ0) is 13.2. The lowest BCUT2D eigenvalue weighted by Gasteiger charge is -2.41. The molecular weight excluding hydrogens is 323 g/mol. The third-order valence-electron chi connectivity index (χ3n) is 3.44. The Kier molecular flexibility index (Phi) is 2.75. The number of hydrogen-bond acceptors (Lipinski definition) is 1. The Hall–Kier alpha value is -0.0500. The molecule has 0 amide bonds. The molecule has 2 bridgehead atoms. The molecule has 4 atom stereocenters. The zero-order valence-electron chi connectivity index (χ0n) is 8.04. The van der Waals surface area contributed by atoms with Crippen LogP contribution >= 0.6 is 15.9 Å². The summed E-state index contributed by atoms with van der Waals surface area (Å²) in [5.74, 6) is -1.87. The molecule has 2 aliphatic rings. The number of hydrogen-bond donors (Lipinski definition) is 1. The number of piperidine rings is 1. The van der Waals surface area contributed by atoms with E-state index in [2.05, 4.69) is 15.9 Å². The van der Waals surface area contributed by atoms with E-state index in [1.807, 2.05) is 0 Å². The SMILES string of the molecule is F[C@@H]1C[C@H]2[C@@H](Br)[C@@H]1NC2(C(F)(F)F)C(F)(F)F. The summed E-state index contributed by atoms with van der Waals surface area (Å²) in [6.07, 6.45) is -13.4. The molecular formula is C8H7BrF7N. The zero-order valence-corrected chi connectivity index (χ0v) is 9.63. The smallest absolute Gasteiger partial charge is 0.289 e. The van der Waals surface area contributed by atoms with Crippen molar-refractivity contribution in [2.24, 2.45) is 5.92 Å². The van der Waals surface area contributed by atoms with Gasteiger partial charge in [-0.15, -0.1) is 0 Å². The fourth-order valence-corrected chi connectivity index (χ4v) is 3.75. The number of nitrogens with one attached hydrogen (secondary N) is 1. The van der Waals surface area contributed by atoms with Gasteiger partial charge in [0.05, 0.1) is 6.04 Å². The molecule has 1 aliphatic heterocycles. The topological polar surface area (TPSA) is 12.0 Å². The molecule has 0 unspecified atom stereocenters. The summed E-state index contributed by atoms with van der Waals surface area (Å²) in [6, 6.07) is -1.46. The summed E-state index contributed by atoms with van der Waals surface area (Å²) in [4.78, 5) is -1.17. The number of alkyl halides is 8. The van der Waals surface area contributed by atoms with E-state index in [-0.39, 0.29) is 0 Å². The number of halogens is 8. The van der Waals surface area contributed by atoms with Crippen molar-refractivity contribution in [1.82, 2.24) is 5.32 Å². The van der Waals surface area contributed by atoms with Crippen LogP contribution in [0.2, 0.25) is 0 Å². The first kappa shape index (κ1) is 13.4. The molecule has 1 saturated heterocycles. The quantitative estimate of drug-likeness (QED) is 0.532. The van der Waals surface area contributed by atoms with Gasteiger partial charge in [0.1, 0.15) is 6.17 Å². The first-order chi connectivity index (χ1) is 7.52. The summed E-state index contributed by atoms with van der Waals surface area (Å²) in [6.45, 7) is 0. The van der Waals surface area contributed by atoms with Gasteiger partial charge in [-0.1, -0.05) is 15.9 Å². The standard InChI is InChI=1S/C8H7BrF7N/c9-4-2-1-3(10)5(4)17-6(2,7(11,12)13)8(14,15)16/h2-5,17H,1H2/t2-,3+,4+,5+/m0/s1. The summed E-state index contributed by atoms with van der Waals surface area (Å²) in [5, 5.41) is 1.41. The lowest BCUT2D eigenvalue weighted by Crippen LogP contribution is -2.70. The van der Waals surface area contributed by atoms with Gasteiger partial charge in [-0.05, 0) is 6.42 Å². The molecule has 100 valence electrons. The van der Waals surface area contributed by atoms with Gasteiger partial charge in [0.2, 0.25) is 5.54 Å². The van der Waals surface area contributed by atoms with E-state index >= 15 is 0 Å². The monoisotopic (exact) mass is 329 g/mol. The maximum Gasteiger partial charge on any atom is 0.415 e. The normalized spacial score (nSPS) is 40.9. The van der Waals surface area contributed by atoms with Gasteiger partial charge < -0.3 is 0 Å². The molecule has 2 rings (SSSR count). The minimum atomic E-state index is -5.50. The van der Waals surface area contributed by atoms with Gasteiger partial charge >= 0.3 is 12.4 Å². The van der Waals surface area contributed by atoms with Crippen molar-refractivity contribution in [2.45, 2.75) is 41.4 Å². The minimum Gasteiger partial charge on any atom is -0.289 e. The summed E-state index contributed by atoms with van der Waals surface area (Å²) in [5.41, 5.74) is -4.00. The fourth-order valence-electron chi connectivity index (χ4n) is 2.67. The third-order valence-corrected chi connectivity index (χ3v) is 4.65. The van der Waals surface area contributed by atoms with Crippen molar-refractivity contribution in [3.05, 3.63) is 0 Å². The van der Waals surface area contributed by atoms with E-state index in [0.29, 0.717) is 0 Å². The predicted molar refractivity (Wildman–Crippen MR) is 47.5 cm³/mol. The predicted octanol–water partition coefficient (Wildman–Crippen LogP) is 2.94. The molecule has 0 aromatic heterocycles. The molecule has 1 saturated carbocycles. The van der Waals surface area contributed by atoms with Gasteiger partial charge in [-0.3, -0.25) is 5.32 Å². The van der Waals surface area contributed by atoms with E-state index in [4.69, 9.17) is 0 Å². The van der Waals surface area contributed by atoms with Crippen molar-refractivity contribution in [2.75, 3.05) is 0 Å². The Morgan fingerprint density at radius 1 is 1.06 bits per heavy atom. The number of fused-ring (bicyclic) bond motifs is 2. The lowest BCUT2D eigenvalue weighted by molar-refractivity contribution is -0.319.